The van der Waals surface area contributed by atoms with Gasteiger partial charge in [-0.2, -0.15) is 0 Å². The molecule has 6 rings (SSSR count). The highest BCUT2D eigenvalue weighted by Gasteiger charge is 2.59. The number of benzene rings is 1. The number of hydrogen-bond donors (Lipinski definition) is 0. The van der Waals surface area contributed by atoms with Crippen LogP contribution in [0.2, 0.25) is 0 Å². The van der Waals surface area contributed by atoms with E-state index in [4.69, 9.17) is 4.74 Å². The van der Waals surface area contributed by atoms with Crippen LogP contribution >= 0.6 is 0 Å². The second-order valence-electron chi connectivity index (χ2n) is 15.1. The molecular formula is C36H53NO2. The highest BCUT2D eigenvalue weighted by molar-refractivity contribution is 5.90. The van der Waals surface area contributed by atoms with Crippen molar-refractivity contribution in [2.45, 2.75) is 118 Å². The van der Waals surface area contributed by atoms with Gasteiger partial charge in [0.1, 0.15) is 6.10 Å². The zero-order valence-corrected chi connectivity index (χ0v) is 25.4. The van der Waals surface area contributed by atoms with Gasteiger partial charge in [-0.25, -0.2) is 4.79 Å². The molecule has 1 amide bonds. The maximum absolute atomic E-state index is 13.2. The molecule has 3 heteroatoms. The lowest BCUT2D eigenvalue weighted by Gasteiger charge is -2.58. The van der Waals surface area contributed by atoms with Gasteiger partial charge in [-0.1, -0.05) is 83.7 Å². The Morgan fingerprint density at radius 2 is 1.85 bits per heavy atom. The highest BCUT2D eigenvalue weighted by atomic mass is 16.6. The predicted octanol–water partition coefficient (Wildman–Crippen LogP) is 9.60. The zero-order chi connectivity index (χ0) is 27.4. The van der Waals surface area contributed by atoms with Crippen LogP contribution in [0.5, 0.6) is 0 Å². The Hall–Kier alpha value is -1.77. The van der Waals surface area contributed by atoms with Crippen molar-refractivity contribution >= 4 is 11.8 Å². The van der Waals surface area contributed by atoms with Crippen molar-refractivity contribution in [3.8, 4) is 0 Å². The monoisotopic (exact) mass is 531 g/mol. The van der Waals surface area contributed by atoms with Crippen molar-refractivity contribution in [2.75, 3.05) is 11.4 Å². The predicted molar refractivity (Wildman–Crippen MR) is 161 cm³/mol. The van der Waals surface area contributed by atoms with Crippen molar-refractivity contribution < 1.29 is 9.53 Å². The highest BCUT2D eigenvalue weighted by Crippen LogP contribution is 2.67. The maximum atomic E-state index is 13.2. The van der Waals surface area contributed by atoms with Gasteiger partial charge in [0.05, 0.1) is 5.69 Å². The summed E-state index contributed by atoms with van der Waals surface area (Å²) < 4.78 is 6.18. The van der Waals surface area contributed by atoms with Crippen LogP contribution in [0.15, 0.2) is 35.9 Å². The number of allylic oxidation sites excluding steroid dienone is 1. The molecule has 0 saturated heterocycles. The van der Waals surface area contributed by atoms with Crippen molar-refractivity contribution in [3.63, 3.8) is 0 Å². The van der Waals surface area contributed by atoms with Gasteiger partial charge in [-0.3, -0.25) is 4.90 Å². The van der Waals surface area contributed by atoms with Gasteiger partial charge in [-0.15, -0.1) is 0 Å². The van der Waals surface area contributed by atoms with Gasteiger partial charge >= 0.3 is 6.09 Å². The molecule has 0 aromatic heterocycles. The first-order valence-electron chi connectivity index (χ1n) is 16.5. The molecule has 214 valence electrons. The van der Waals surface area contributed by atoms with E-state index in [0.717, 1.165) is 67.0 Å². The lowest BCUT2D eigenvalue weighted by molar-refractivity contribution is -0.0579. The quantitative estimate of drug-likeness (QED) is 0.342. The summed E-state index contributed by atoms with van der Waals surface area (Å²) in [6, 6.07) is 8.27. The van der Waals surface area contributed by atoms with E-state index in [0.29, 0.717) is 10.8 Å². The lowest BCUT2D eigenvalue weighted by Crippen LogP contribution is -2.51. The minimum Gasteiger partial charge on any atom is -0.446 e. The summed E-state index contributed by atoms with van der Waals surface area (Å²) in [5.41, 5.74) is 4.75. The van der Waals surface area contributed by atoms with Crippen LogP contribution in [0, 0.1) is 46.3 Å². The van der Waals surface area contributed by atoms with Gasteiger partial charge in [0.15, 0.2) is 0 Å². The number of fused-ring (bicyclic) bond motifs is 6. The van der Waals surface area contributed by atoms with Crippen LogP contribution in [0.1, 0.15) is 111 Å². The smallest absolute Gasteiger partial charge is 0.414 e. The third kappa shape index (κ3) is 4.78. The average Bonchev–Trinajstić information content (AvgIpc) is 3.50. The molecule has 3 nitrogen and oxygen atoms in total. The van der Waals surface area contributed by atoms with E-state index in [9.17, 15) is 4.79 Å². The molecule has 1 aromatic carbocycles. The Labute approximate surface area is 238 Å². The number of amides is 1. The summed E-state index contributed by atoms with van der Waals surface area (Å²) in [4.78, 5) is 15.0. The van der Waals surface area contributed by atoms with Gasteiger partial charge in [0.2, 0.25) is 0 Å². The maximum Gasteiger partial charge on any atom is 0.414 e. The number of para-hydroxylation sites is 1. The summed E-state index contributed by atoms with van der Waals surface area (Å²) in [5, 5.41) is 0. The molecule has 1 heterocycles. The van der Waals surface area contributed by atoms with Crippen molar-refractivity contribution in [2.24, 2.45) is 46.3 Å². The third-order valence-corrected chi connectivity index (χ3v) is 12.6. The molecule has 0 unspecified atom stereocenters. The number of anilines is 1. The van der Waals surface area contributed by atoms with E-state index in [-0.39, 0.29) is 12.2 Å². The Kier molecular flexibility index (Phi) is 7.43. The fraction of sp³-hybridized carbons (Fsp3) is 0.750. The summed E-state index contributed by atoms with van der Waals surface area (Å²) in [7, 11) is 0. The number of nitrogens with zero attached hydrogens (tertiary/aromatic N) is 1. The first kappa shape index (κ1) is 27.4. The summed E-state index contributed by atoms with van der Waals surface area (Å²) >= 11 is 0. The second kappa shape index (κ2) is 10.6. The first-order valence-corrected chi connectivity index (χ1v) is 16.5. The lowest BCUT2D eigenvalue weighted by atomic mass is 9.47. The Morgan fingerprint density at radius 3 is 2.67 bits per heavy atom. The van der Waals surface area contributed by atoms with Crippen LogP contribution in [-0.2, 0) is 11.2 Å². The average molecular weight is 532 g/mol. The van der Waals surface area contributed by atoms with E-state index in [1.165, 1.54) is 63.4 Å². The fourth-order valence-electron chi connectivity index (χ4n) is 10.5. The largest absolute Gasteiger partial charge is 0.446 e. The molecule has 1 aromatic rings. The molecule has 4 aliphatic carbocycles. The van der Waals surface area contributed by atoms with E-state index in [2.05, 4.69) is 58.9 Å². The molecule has 0 N–H and O–H groups in total. The molecule has 0 spiro atoms. The van der Waals surface area contributed by atoms with Crippen LogP contribution in [0.25, 0.3) is 0 Å². The van der Waals surface area contributed by atoms with Gasteiger partial charge in [0.25, 0.3) is 0 Å². The molecule has 5 aliphatic rings. The molecule has 3 fully saturated rings. The van der Waals surface area contributed by atoms with Crippen LogP contribution in [-0.4, -0.2) is 18.7 Å². The molecule has 3 saturated carbocycles. The van der Waals surface area contributed by atoms with Gasteiger partial charge in [0, 0.05) is 13.0 Å². The Bertz CT molecular complexity index is 1090. The molecular weight excluding hydrogens is 478 g/mol. The van der Waals surface area contributed by atoms with E-state index in [1.54, 1.807) is 5.57 Å². The SMILES string of the molecule is CC(C)CCC[C@@H](C)[C@H]1CC[C@H]2[C@@H]3CC=C4C[C@@H](OC(=O)N5CCc6ccccc65)CC[C@]4(C)[C@H]3CC[C@]12C. The standard InChI is InChI=1S/C36H53NO2/c1-24(2)9-8-10-25(3)30-15-16-31-29-14-13-27-23-28(17-20-35(27,4)32(29)18-21-36(30,31)5)39-34(38)37-22-19-26-11-6-7-12-33(26)37/h6-7,11-13,24-25,28-32H,8-10,14-23H2,1-5H3/t25-,28+,29+,30-,31+,32+,35+,36-/m1/s1. The van der Waals surface area contributed by atoms with E-state index in [1.807, 2.05) is 11.0 Å². The molecule has 0 bridgehead atoms. The topological polar surface area (TPSA) is 29.5 Å². The molecule has 39 heavy (non-hydrogen) atoms. The molecule has 0 radical (unpaired) electrons. The normalized spacial score (nSPS) is 37.9. The summed E-state index contributed by atoms with van der Waals surface area (Å²) in [6.45, 7) is 13.3. The van der Waals surface area contributed by atoms with Crippen LogP contribution in [0.4, 0.5) is 10.5 Å². The van der Waals surface area contributed by atoms with Crippen molar-refractivity contribution in [3.05, 3.63) is 41.5 Å². The third-order valence-electron chi connectivity index (χ3n) is 12.6. The number of rotatable bonds is 6. The Balaban J connectivity index is 1.11. The van der Waals surface area contributed by atoms with Gasteiger partial charge in [-0.05, 0) is 109 Å². The van der Waals surface area contributed by atoms with Crippen molar-refractivity contribution in [1.29, 1.82) is 0 Å². The number of carbonyl (C=O) groups excluding carboxylic acids is 1. The van der Waals surface area contributed by atoms with Crippen LogP contribution in [0.3, 0.4) is 0 Å². The molecule has 8 atom stereocenters. The van der Waals surface area contributed by atoms with E-state index >= 15 is 0 Å². The first-order chi connectivity index (χ1) is 18.7. The molecule has 1 aliphatic heterocycles. The minimum atomic E-state index is -0.143. The second-order valence-corrected chi connectivity index (χ2v) is 15.1. The minimum absolute atomic E-state index is 0.0255. The summed E-state index contributed by atoms with van der Waals surface area (Å²) in [5.74, 6) is 5.18. The number of carbonyl (C=O) groups is 1. The van der Waals surface area contributed by atoms with E-state index < -0.39 is 0 Å². The van der Waals surface area contributed by atoms with Gasteiger partial charge < -0.3 is 4.74 Å². The number of hydrogen-bond acceptors (Lipinski definition) is 2. The van der Waals surface area contributed by atoms with Crippen molar-refractivity contribution in [1.82, 2.24) is 0 Å². The summed E-state index contributed by atoms with van der Waals surface area (Å²) in [6.07, 6.45) is 17.8. The van der Waals surface area contributed by atoms with Crippen LogP contribution < -0.4 is 4.90 Å². The number of ether oxygens (including phenoxy) is 1. The zero-order valence-electron chi connectivity index (χ0n) is 25.4. The Morgan fingerprint density at radius 1 is 1.03 bits per heavy atom. The fourth-order valence-corrected chi connectivity index (χ4v) is 10.5.